The minimum Gasteiger partial charge on any atom is -0.393 e. The number of unbranched alkanes of at least 4 members (excludes halogenated alkanes) is 3. The average molecular weight is 371 g/mol. The van der Waals surface area contributed by atoms with E-state index in [-0.39, 0.29) is 10.3 Å². The Bertz CT molecular complexity index is 610. The van der Waals surface area contributed by atoms with Crippen LogP contribution in [-0.4, -0.2) is 33.0 Å². The van der Waals surface area contributed by atoms with Crippen molar-refractivity contribution in [1.29, 1.82) is 0 Å². The molecule has 10 heteroatoms. The highest BCUT2D eigenvalue weighted by atomic mass is 35.5. The zero-order valence-corrected chi connectivity index (χ0v) is 14.6. The van der Waals surface area contributed by atoms with Gasteiger partial charge >= 0.3 is 0 Å². The smallest absolute Gasteiger partial charge is 0.157 e. The van der Waals surface area contributed by atoms with Gasteiger partial charge in [-0.3, -0.25) is 0 Å². The molecule has 0 aliphatic rings. The number of hydrogen-bond donors (Lipinski definition) is 4. The zero-order chi connectivity index (χ0) is 17.4. The minimum atomic E-state index is 0.266. The van der Waals surface area contributed by atoms with Crippen molar-refractivity contribution in [3.05, 3.63) is 23.0 Å². The average Bonchev–Trinajstić information content (AvgIpc) is 2.57. The Morgan fingerprint density at radius 2 is 1.12 bits per heavy atom. The van der Waals surface area contributed by atoms with Gasteiger partial charge in [0.05, 0.1) is 0 Å². The van der Waals surface area contributed by atoms with E-state index in [0.29, 0.717) is 23.0 Å². The first-order valence-corrected chi connectivity index (χ1v) is 8.35. The molecule has 0 saturated carbocycles. The van der Waals surface area contributed by atoms with Gasteiger partial charge < -0.3 is 22.1 Å². The van der Waals surface area contributed by atoms with Gasteiger partial charge in [0.25, 0.3) is 0 Å². The molecule has 0 bridgehead atoms. The molecule has 2 aromatic heterocycles. The largest absolute Gasteiger partial charge is 0.393 e. The topological polar surface area (TPSA) is 128 Å². The highest BCUT2D eigenvalue weighted by Crippen LogP contribution is 2.22. The second-order valence-corrected chi connectivity index (χ2v) is 5.84. The van der Waals surface area contributed by atoms with Crippen molar-refractivity contribution in [2.75, 3.05) is 35.2 Å². The van der Waals surface area contributed by atoms with Gasteiger partial charge in [0.2, 0.25) is 0 Å². The molecule has 0 atom stereocenters. The van der Waals surface area contributed by atoms with Gasteiger partial charge in [-0.05, 0) is 12.8 Å². The Morgan fingerprint density at radius 3 is 1.54 bits per heavy atom. The molecule has 0 spiro atoms. The first-order valence-electron chi connectivity index (χ1n) is 7.59. The van der Waals surface area contributed by atoms with E-state index >= 15 is 0 Å². The normalized spacial score (nSPS) is 10.6. The third kappa shape index (κ3) is 5.24. The summed E-state index contributed by atoms with van der Waals surface area (Å²) < 4.78 is 0. The van der Waals surface area contributed by atoms with Crippen LogP contribution in [0.5, 0.6) is 0 Å². The Morgan fingerprint density at radius 1 is 0.708 bits per heavy atom. The van der Waals surface area contributed by atoms with Crippen molar-refractivity contribution in [3.8, 4) is 0 Å². The molecule has 0 aliphatic carbocycles. The highest BCUT2D eigenvalue weighted by molar-refractivity contribution is 6.32. The third-order valence-electron chi connectivity index (χ3n) is 3.36. The third-order valence-corrected chi connectivity index (χ3v) is 3.96. The quantitative estimate of drug-likeness (QED) is 0.391. The van der Waals surface area contributed by atoms with Crippen molar-refractivity contribution in [1.82, 2.24) is 19.9 Å². The summed E-state index contributed by atoms with van der Waals surface area (Å²) in [5.41, 5.74) is 12.3. The van der Waals surface area contributed by atoms with E-state index in [0.717, 1.165) is 38.8 Å². The molecular weight excluding hydrogens is 351 g/mol. The van der Waals surface area contributed by atoms with Gasteiger partial charge in [-0.25, -0.2) is 19.9 Å². The molecule has 2 aromatic rings. The number of halogens is 2. The predicted octanol–water partition coefficient (Wildman–Crippen LogP) is 2.82. The summed E-state index contributed by atoms with van der Waals surface area (Å²) in [6.07, 6.45) is 6.93. The molecule has 0 radical (unpaired) electrons. The maximum absolute atomic E-state index is 5.83. The Labute approximate surface area is 150 Å². The van der Waals surface area contributed by atoms with Gasteiger partial charge in [-0.15, -0.1) is 0 Å². The number of nitrogens with zero attached hydrogens (tertiary/aromatic N) is 4. The number of nitrogens with two attached hydrogens (primary N) is 2. The monoisotopic (exact) mass is 370 g/mol. The first kappa shape index (κ1) is 18.3. The van der Waals surface area contributed by atoms with E-state index in [2.05, 4.69) is 30.6 Å². The fraction of sp³-hybridized carbons (Fsp3) is 0.429. The summed E-state index contributed by atoms with van der Waals surface area (Å²) in [6.45, 7) is 1.55. The summed E-state index contributed by atoms with van der Waals surface area (Å²) in [6, 6.07) is 0. The second-order valence-electron chi connectivity index (χ2n) is 5.12. The van der Waals surface area contributed by atoms with Crippen molar-refractivity contribution in [2.24, 2.45) is 0 Å². The molecule has 0 fully saturated rings. The lowest BCUT2D eigenvalue weighted by Crippen LogP contribution is -2.08. The number of rotatable bonds is 9. The van der Waals surface area contributed by atoms with E-state index in [9.17, 15) is 0 Å². The fourth-order valence-electron chi connectivity index (χ4n) is 2.05. The van der Waals surface area contributed by atoms with E-state index in [1.54, 1.807) is 0 Å². The second kappa shape index (κ2) is 9.29. The summed E-state index contributed by atoms with van der Waals surface area (Å²) in [4.78, 5) is 15.7. The van der Waals surface area contributed by atoms with Crippen molar-refractivity contribution in [2.45, 2.75) is 25.7 Å². The van der Waals surface area contributed by atoms with E-state index in [1.165, 1.54) is 12.7 Å². The Balaban J connectivity index is 1.57. The molecule has 8 nitrogen and oxygen atoms in total. The zero-order valence-electron chi connectivity index (χ0n) is 13.1. The summed E-state index contributed by atoms with van der Waals surface area (Å²) in [5, 5.41) is 6.85. The lowest BCUT2D eigenvalue weighted by atomic mass is 10.2. The van der Waals surface area contributed by atoms with Gasteiger partial charge in [0, 0.05) is 13.1 Å². The molecule has 24 heavy (non-hydrogen) atoms. The van der Waals surface area contributed by atoms with Crippen LogP contribution in [0.3, 0.4) is 0 Å². The van der Waals surface area contributed by atoms with Crippen LogP contribution in [0.4, 0.5) is 23.0 Å². The molecule has 0 saturated heterocycles. The Hall–Kier alpha value is -2.06. The van der Waals surface area contributed by atoms with Crippen LogP contribution in [0.15, 0.2) is 12.7 Å². The van der Waals surface area contributed by atoms with Gasteiger partial charge in [-0.1, -0.05) is 36.0 Å². The standard InChI is InChI=1S/C14H20Cl2N8/c15-11-9(17)13(23-7-21-11)19-5-3-1-2-4-6-20-14-10(18)12(16)22-8-24-14/h7-8H,1-6,17-18H2,(H,19,21,23)(H,20,22,24). The van der Waals surface area contributed by atoms with Crippen LogP contribution in [0.1, 0.15) is 25.7 Å². The first-order chi connectivity index (χ1) is 11.6. The van der Waals surface area contributed by atoms with E-state index in [4.69, 9.17) is 34.7 Å². The lowest BCUT2D eigenvalue weighted by molar-refractivity contribution is 0.669. The van der Waals surface area contributed by atoms with Crippen molar-refractivity contribution >= 4 is 46.2 Å². The van der Waals surface area contributed by atoms with Crippen molar-refractivity contribution < 1.29 is 0 Å². The summed E-state index contributed by atoms with van der Waals surface area (Å²) >= 11 is 11.7. The number of hydrogen-bond acceptors (Lipinski definition) is 8. The summed E-state index contributed by atoms with van der Waals surface area (Å²) in [5.74, 6) is 1.15. The number of nitrogens with one attached hydrogen (secondary N) is 2. The van der Waals surface area contributed by atoms with Gasteiger partial charge in [-0.2, -0.15) is 0 Å². The molecule has 0 aliphatic heterocycles. The van der Waals surface area contributed by atoms with Gasteiger partial charge in [0.1, 0.15) is 24.0 Å². The highest BCUT2D eigenvalue weighted by Gasteiger charge is 2.05. The Kier molecular flexibility index (Phi) is 7.07. The van der Waals surface area contributed by atoms with Crippen LogP contribution in [0.2, 0.25) is 10.3 Å². The maximum atomic E-state index is 5.83. The lowest BCUT2D eigenvalue weighted by Gasteiger charge is -2.09. The number of aromatic nitrogens is 4. The van der Waals surface area contributed by atoms with Crippen LogP contribution < -0.4 is 22.1 Å². The van der Waals surface area contributed by atoms with Crippen LogP contribution >= 0.6 is 23.2 Å². The molecule has 0 aromatic carbocycles. The van der Waals surface area contributed by atoms with Gasteiger partial charge in [0.15, 0.2) is 21.9 Å². The molecule has 130 valence electrons. The molecule has 2 rings (SSSR count). The molecular formula is C14H20Cl2N8. The number of anilines is 4. The van der Waals surface area contributed by atoms with Crippen LogP contribution in [-0.2, 0) is 0 Å². The molecule has 2 heterocycles. The fourth-order valence-corrected chi connectivity index (χ4v) is 2.31. The molecule has 6 N–H and O–H groups in total. The van der Waals surface area contributed by atoms with E-state index < -0.39 is 0 Å². The molecule has 0 amide bonds. The van der Waals surface area contributed by atoms with Crippen LogP contribution in [0, 0.1) is 0 Å². The van der Waals surface area contributed by atoms with Crippen LogP contribution in [0.25, 0.3) is 0 Å². The SMILES string of the molecule is Nc1c(Cl)ncnc1NCCCCCCNc1ncnc(Cl)c1N. The maximum Gasteiger partial charge on any atom is 0.157 e. The summed E-state index contributed by atoms with van der Waals surface area (Å²) in [7, 11) is 0. The van der Waals surface area contributed by atoms with Crippen molar-refractivity contribution in [3.63, 3.8) is 0 Å². The predicted molar refractivity (Wildman–Crippen MR) is 98.4 cm³/mol. The van der Waals surface area contributed by atoms with E-state index in [1.807, 2.05) is 0 Å². The number of nitrogen functional groups attached to an aromatic ring is 2. The minimum absolute atomic E-state index is 0.266. The molecule has 0 unspecified atom stereocenters.